The Labute approximate surface area is 165 Å². The molecular weight excluding hydrogens is 354 g/mol. The first-order chi connectivity index (χ1) is 13.4. The summed E-state index contributed by atoms with van der Waals surface area (Å²) in [6.45, 7) is 7.30. The summed E-state index contributed by atoms with van der Waals surface area (Å²) in [5.74, 6) is 0.0810. The summed E-state index contributed by atoms with van der Waals surface area (Å²) < 4.78 is 0. The van der Waals surface area contributed by atoms with E-state index in [9.17, 15) is 14.7 Å². The van der Waals surface area contributed by atoms with Gasteiger partial charge in [0.2, 0.25) is 5.91 Å². The number of aromatic hydroxyl groups is 1. The van der Waals surface area contributed by atoms with E-state index in [0.717, 1.165) is 25.2 Å². The van der Waals surface area contributed by atoms with Crippen LogP contribution in [-0.2, 0) is 11.3 Å². The number of carbonyl (C=O) groups excluding carboxylic acids is 2. The fraction of sp³-hybridized carbons (Fsp3) is 0.364. The predicted molar refractivity (Wildman–Crippen MR) is 109 cm³/mol. The highest BCUT2D eigenvalue weighted by atomic mass is 16.3. The highest BCUT2D eigenvalue weighted by Gasteiger charge is 2.22. The Balaban J connectivity index is 1.57. The second-order valence-corrected chi connectivity index (χ2v) is 7.46. The van der Waals surface area contributed by atoms with E-state index in [1.807, 2.05) is 30.9 Å². The van der Waals surface area contributed by atoms with E-state index in [1.165, 1.54) is 0 Å². The van der Waals surface area contributed by atoms with Gasteiger partial charge in [0, 0.05) is 49.9 Å². The lowest BCUT2D eigenvalue weighted by atomic mass is 10.1. The van der Waals surface area contributed by atoms with Crippen molar-refractivity contribution in [2.45, 2.75) is 20.4 Å². The molecule has 0 saturated carbocycles. The van der Waals surface area contributed by atoms with E-state index in [-0.39, 0.29) is 23.5 Å². The van der Waals surface area contributed by atoms with Crippen LogP contribution in [0.5, 0.6) is 5.75 Å². The molecule has 2 aromatic rings. The number of amides is 2. The van der Waals surface area contributed by atoms with Crippen LogP contribution in [0.1, 0.15) is 29.8 Å². The van der Waals surface area contributed by atoms with Crippen molar-refractivity contribution in [3.05, 3.63) is 59.7 Å². The Hall–Kier alpha value is -2.86. The Kier molecular flexibility index (Phi) is 6.31. The quantitative estimate of drug-likeness (QED) is 0.835. The number of nitrogens with zero attached hydrogens (tertiary/aromatic N) is 2. The van der Waals surface area contributed by atoms with Crippen LogP contribution >= 0.6 is 0 Å². The minimum absolute atomic E-state index is 0.0161. The standard InChI is InChI=1S/C22H27N3O3/c1-16(2)21(27)23-19-7-4-6-18(14-19)22(28)25-11-9-24(10-12-25)15-17-5-3-8-20(26)13-17/h3-8,13-14,16,26H,9-12,15H2,1-2H3,(H,23,27). The van der Waals surface area contributed by atoms with Crippen molar-refractivity contribution >= 4 is 17.5 Å². The lowest BCUT2D eigenvalue weighted by Crippen LogP contribution is -2.48. The molecule has 1 heterocycles. The largest absolute Gasteiger partial charge is 0.508 e. The third kappa shape index (κ3) is 5.10. The maximum atomic E-state index is 12.8. The van der Waals surface area contributed by atoms with E-state index in [0.29, 0.717) is 24.3 Å². The van der Waals surface area contributed by atoms with E-state index < -0.39 is 0 Å². The number of piperazine rings is 1. The molecule has 6 heteroatoms. The van der Waals surface area contributed by atoms with Crippen LogP contribution in [0.3, 0.4) is 0 Å². The summed E-state index contributed by atoms with van der Waals surface area (Å²) in [4.78, 5) is 28.8. The number of anilines is 1. The van der Waals surface area contributed by atoms with Gasteiger partial charge in [-0.3, -0.25) is 14.5 Å². The van der Waals surface area contributed by atoms with Crippen molar-refractivity contribution in [1.29, 1.82) is 0 Å². The lowest BCUT2D eigenvalue weighted by Gasteiger charge is -2.34. The van der Waals surface area contributed by atoms with Crippen LogP contribution in [0.25, 0.3) is 0 Å². The second kappa shape index (κ2) is 8.89. The fourth-order valence-corrected chi connectivity index (χ4v) is 3.22. The monoisotopic (exact) mass is 381 g/mol. The summed E-state index contributed by atoms with van der Waals surface area (Å²) in [7, 11) is 0. The van der Waals surface area contributed by atoms with Crippen LogP contribution < -0.4 is 5.32 Å². The molecule has 28 heavy (non-hydrogen) atoms. The van der Waals surface area contributed by atoms with E-state index >= 15 is 0 Å². The van der Waals surface area contributed by atoms with Crippen molar-refractivity contribution in [2.75, 3.05) is 31.5 Å². The molecule has 3 rings (SSSR count). The first-order valence-corrected chi connectivity index (χ1v) is 9.63. The van der Waals surface area contributed by atoms with Crippen LogP contribution in [0.15, 0.2) is 48.5 Å². The van der Waals surface area contributed by atoms with Gasteiger partial charge in [-0.05, 0) is 35.9 Å². The lowest BCUT2D eigenvalue weighted by molar-refractivity contribution is -0.118. The second-order valence-electron chi connectivity index (χ2n) is 7.46. The van der Waals surface area contributed by atoms with Gasteiger partial charge in [0.25, 0.3) is 5.91 Å². The van der Waals surface area contributed by atoms with Crippen LogP contribution in [0.4, 0.5) is 5.69 Å². The summed E-state index contributed by atoms with van der Waals surface area (Å²) in [6, 6.07) is 14.4. The zero-order chi connectivity index (χ0) is 20.1. The predicted octanol–water partition coefficient (Wildman–Crippen LogP) is 2.94. The molecule has 0 atom stereocenters. The van der Waals surface area contributed by atoms with E-state index in [1.54, 1.807) is 36.4 Å². The number of carbonyl (C=O) groups is 2. The Morgan fingerprint density at radius 1 is 1.04 bits per heavy atom. The molecule has 2 amide bonds. The molecule has 1 aliphatic heterocycles. The van der Waals surface area contributed by atoms with Crippen LogP contribution in [0, 0.1) is 5.92 Å². The van der Waals surface area contributed by atoms with Crippen molar-refractivity contribution in [3.63, 3.8) is 0 Å². The van der Waals surface area contributed by atoms with Gasteiger partial charge in [0.05, 0.1) is 0 Å². The molecular formula is C22H27N3O3. The molecule has 1 fully saturated rings. The van der Waals surface area contributed by atoms with Crippen molar-refractivity contribution in [1.82, 2.24) is 9.80 Å². The average molecular weight is 381 g/mol. The third-order valence-corrected chi connectivity index (χ3v) is 4.88. The molecule has 1 saturated heterocycles. The van der Waals surface area contributed by atoms with Crippen molar-refractivity contribution in [2.24, 2.45) is 5.92 Å². The number of phenolic OH excluding ortho intramolecular Hbond substituents is 1. The minimum Gasteiger partial charge on any atom is -0.508 e. The molecule has 0 unspecified atom stereocenters. The molecule has 6 nitrogen and oxygen atoms in total. The molecule has 0 spiro atoms. The molecule has 148 valence electrons. The molecule has 0 aromatic heterocycles. The van der Waals surface area contributed by atoms with Crippen molar-refractivity contribution < 1.29 is 14.7 Å². The third-order valence-electron chi connectivity index (χ3n) is 4.88. The zero-order valence-electron chi connectivity index (χ0n) is 16.4. The van der Waals surface area contributed by atoms with Gasteiger partial charge in [0.1, 0.15) is 5.75 Å². The van der Waals surface area contributed by atoms with Crippen LogP contribution in [0.2, 0.25) is 0 Å². The zero-order valence-corrected chi connectivity index (χ0v) is 16.4. The van der Waals surface area contributed by atoms with Gasteiger partial charge in [0.15, 0.2) is 0 Å². The van der Waals surface area contributed by atoms with Gasteiger partial charge < -0.3 is 15.3 Å². The first-order valence-electron chi connectivity index (χ1n) is 9.63. The molecule has 0 radical (unpaired) electrons. The number of hydrogen-bond acceptors (Lipinski definition) is 4. The van der Waals surface area contributed by atoms with Gasteiger partial charge in [-0.2, -0.15) is 0 Å². The minimum atomic E-state index is -0.112. The normalized spacial score (nSPS) is 14.9. The highest BCUT2D eigenvalue weighted by Crippen LogP contribution is 2.17. The maximum Gasteiger partial charge on any atom is 0.254 e. The van der Waals surface area contributed by atoms with E-state index in [2.05, 4.69) is 10.2 Å². The summed E-state index contributed by atoms with van der Waals surface area (Å²) in [5, 5.41) is 12.4. The molecule has 2 N–H and O–H groups in total. The van der Waals surface area contributed by atoms with Gasteiger partial charge in [-0.25, -0.2) is 0 Å². The van der Waals surface area contributed by atoms with Gasteiger partial charge in [-0.1, -0.05) is 32.0 Å². The maximum absolute atomic E-state index is 12.8. The highest BCUT2D eigenvalue weighted by molar-refractivity contribution is 5.97. The summed E-state index contributed by atoms with van der Waals surface area (Å²) in [5.41, 5.74) is 2.29. The number of phenols is 1. The molecule has 0 aliphatic carbocycles. The SMILES string of the molecule is CC(C)C(=O)Nc1cccc(C(=O)N2CCN(Cc3cccc(O)c3)CC2)c1. The molecule has 1 aliphatic rings. The summed E-state index contributed by atoms with van der Waals surface area (Å²) >= 11 is 0. The van der Waals surface area contributed by atoms with Crippen LogP contribution in [-0.4, -0.2) is 52.9 Å². The molecule has 0 bridgehead atoms. The number of benzene rings is 2. The fourth-order valence-electron chi connectivity index (χ4n) is 3.22. The number of nitrogens with one attached hydrogen (secondary N) is 1. The number of hydrogen-bond donors (Lipinski definition) is 2. The topological polar surface area (TPSA) is 72.9 Å². The Morgan fingerprint density at radius 2 is 1.75 bits per heavy atom. The smallest absolute Gasteiger partial charge is 0.254 e. The van der Waals surface area contributed by atoms with Gasteiger partial charge >= 0.3 is 0 Å². The molecule has 2 aromatic carbocycles. The Bertz CT molecular complexity index is 842. The number of rotatable bonds is 5. The van der Waals surface area contributed by atoms with Gasteiger partial charge in [-0.15, -0.1) is 0 Å². The summed E-state index contributed by atoms with van der Waals surface area (Å²) in [6.07, 6.45) is 0. The van der Waals surface area contributed by atoms with Crippen molar-refractivity contribution in [3.8, 4) is 5.75 Å². The van der Waals surface area contributed by atoms with E-state index in [4.69, 9.17) is 0 Å². The Morgan fingerprint density at radius 3 is 2.43 bits per heavy atom. The first kappa shape index (κ1) is 19.9. The average Bonchev–Trinajstić information content (AvgIpc) is 2.68.